The van der Waals surface area contributed by atoms with Gasteiger partial charge in [0.1, 0.15) is 0 Å². The minimum Gasteiger partial charge on any atom is -0.388 e. The lowest BCUT2D eigenvalue weighted by molar-refractivity contribution is 0.531. The molecule has 0 saturated carbocycles. The smallest absolute Gasteiger partial charge is 0.0390 e. The van der Waals surface area contributed by atoms with E-state index in [1.165, 1.54) is 40.8 Å². The molecule has 0 radical (unpaired) electrons. The molecule has 0 heterocycles. The zero-order chi connectivity index (χ0) is 39.2. The SMILES string of the molecule is C=C(NC(=C/CC)/C(C)=C(\C)NCCC)c1ccc(C)cc1.C=C/C=C(C)\C=C(/C)CC=C.C=C=C/C=C/CNC.CC.CCC(CC)NC. The Hall–Kier alpha value is -3.82. The van der Waals surface area contributed by atoms with Crippen LogP contribution in [0.25, 0.3) is 5.70 Å². The Labute approximate surface area is 311 Å². The Balaban J connectivity index is -0.000000315. The van der Waals surface area contributed by atoms with Crippen molar-refractivity contribution in [3.05, 3.63) is 144 Å². The van der Waals surface area contributed by atoms with Crippen molar-refractivity contribution in [3.8, 4) is 0 Å². The van der Waals surface area contributed by atoms with Crippen LogP contribution < -0.4 is 21.3 Å². The minimum absolute atomic E-state index is 0.736. The van der Waals surface area contributed by atoms with E-state index in [1.54, 1.807) is 12.2 Å². The fourth-order valence-corrected chi connectivity index (χ4v) is 4.07. The maximum Gasteiger partial charge on any atom is 0.0390 e. The second kappa shape index (κ2) is 39.6. The number of benzene rings is 1. The molecule has 0 unspecified atom stereocenters. The summed E-state index contributed by atoms with van der Waals surface area (Å²) in [6, 6.07) is 9.18. The topological polar surface area (TPSA) is 48.1 Å². The van der Waals surface area contributed by atoms with Crippen molar-refractivity contribution >= 4 is 5.70 Å². The highest BCUT2D eigenvalue weighted by Gasteiger charge is 2.06. The molecular weight excluding hydrogens is 609 g/mol. The van der Waals surface area contributed by atoms with E-state index in [0.717, 1.165) is 55.4 Å². The molecule has 1 rings (SSSR count). The summed E-state index contributed by atoms with van der Waals surface area (Å²) in [7, 11) is 3.92. The molecule has 0 aromatic heterocycles. The lowest BCUT2D eigenvalue weighted by atomic mass is 10.1. The van der Waals surface area contributed by atoms with E-state index in [0.29, 0.717) is 0 Å². The third kappa shape index (κ3) is 32.7. The van der Waals surface area contributed by atoms with E-state index in [1.807, 2.05) is 52.2 Å². The number of allylic oxidation sites excluding steroid dienone is 11. The Morgan fingerprint density at radius 3 is 1.96 bits per heavy atom. The molecule has 0 atom stereocenters. The summed E-state index contributed by atoms with van der Waals surface area (Å²) in [5, 5.41) is 13.1. The van der Waals surface area contributed by atoms with Gasteiger partial charge in [-0.05, 0) is 98.0 Å². The summed E-state index contributed by atoms with van der Waals surface area (Å²) in [4.78, 5) is 0. The normalized spacial score (nSPS) is 11.4. The van der Waals surface area contributed by atoms with Crippen LogP contribution in [0, 0.1) is 6.92 Å². The number of rotatable bonds is 18. The second-order valence-corrected chi connectivity index (χ2v) is 11.5. The summed E-state index contributed by atoms with van der Waals surface area (Å²) in [5.74, 6) is 0. The first kappa shape index (κ1) is 53.0. The van der Waals surface area contributed by atoms with Gasteiger partial charge in [-0.1, -0.05) is 145 Å². The third-order valence-corrected chi connectivity index (χ3v) is 7.09. The fourth-order valence-electron chi connectivity index (χ4n) is 4.07. The fraction of sp³-hybridized carbons (Fsp3) is 0.457. The molecule has 0 aliphatic carbocycles. The van der Waals surface area contributed by atoms with Crippen molar-refractivity contribution in [1.82, 2.24) is 21.3 Å². The van der Waals surface area contributed by atoms with Crippen molar-refractivity contribution in [2.24, 2.45) is 0 Å². The van der Waals surface area contributed by atoms with Crippen LogP contribution in [0.4, 0.5) is 0 Å². The van der Waals surface area contributed by atoms with Crippen LogP contribution in [0.3, 0.4) is 0 Å². The zero-order valence-electron chi connectivity index (χ0n) is 34.8. The first-order valence-electron chi connectivity index (χ1n) is 18.5. The number of nitrogens with one attached hydrogen (secondary N) is 4. The van der Waals surface area contributed by atoms with Gasteiger partial charge in [0.15, 0.2) is 0 Å². The summed E-state index contributed by atoms with van der Waals surface area (Å²) < 4.78 is 0. The largest absolute Gasteiger partial charge is 0.388 e. The van der Waals surface area contributed by atoms with Crippen LogP contribution in [0.15, 0.2) is 133 Å². The van der Waals surface area contributed by atoms with Crippen LogP contribution in [-0.2, 0) is 0 Å². The minimum atomic E-state index is 0.736. The van der Waals surface area contributed by atoms with Gasteiger partial charge in [0.05, 0.1) is 0 Å². The second-order valence-electron chi connectivity index (χ2n) is 11.5. The Kier molecular flexibility index (Phi) is 42.0. The molecule has 4 heteroatoms. The average Bonchev–Trinajstić information content (AvgIpc) is 3.11. The molecule has 0 aliphatic heterocycles. The lowest BCUT2D eigenvalue weighted by Gasteiger charge is -2.17. The van der Waals surface area contributed by atoms with Crippen molar-refractivity contribution < 1.29 is 0 Å². The number of likely N-dealkylation sites (N-methyl/N-ethyl adjacent to an activating group) is 1. The number of hydrogen-bond donors (Lipinski definition) is 4. The highest BCUT2D eigenvalue weighted by molar-refractivity contribution is 5.64. The van der Waals surface area contributed by atoms with Gasteiger partial charge in [-0.25, -0.2) is 0 Å². The molecule has 0 amide bonds. The molecule has 0 aliphatic rings. The number of aryl methyl sites for hydroxylation is 1. The van der Waals surface area contributed by atoms with Gasteiger partial charge in [0.25, 0.3) is 0 Å². The summed E-state index contributed by atoms with van der Waals surface area (Å²) in [6.07, 6.45) is 21.3. The van der Waals surface area contributed by atoms with Gasteiger partial charge in [0.2, 0.25) is 0 Å². The summed E-state index contributed by atoms with van der Waals surface area (Å²) in [6.45, 7) is 40.1. The van der Waals surface area contributed by atoms with Crippen molar-refractivity contribution in [2.45, 2.75) is 114 Å². The molecular formula is C46H78N4. The first-order valence-corrected chi connectivity index (χ1v) is 18.5. The van der Waals surface area contributed by atoms with Crippen LogP contribution in [-0.4, -0.2) is 33.2 Å². The predicted octanol–water partition coefficient (Wildman–Crippen LogP) is 12.3. The van der Waals surface area contributed by atoms with Crippen LogP contribution in [0.2, 0.25) is 0 Å². The highest BCUT2D eigenvalue weighted by Crippen LogP contribution is 2.17. The molecule has 0 spiro atoms. The maximum absolute atomic E-state index is 4.19. The van der Waals surface area contributed by atoms with Crippen LogP contribution in [0.1, 0.15) is 112 Å². The number of hydrogen-bond acceptors (Lipinski definition) is 4. The summed E-state index contributed by atoms with van der Waals surface area (Å²) in [5.41, 5.74) is 12.1. The van der Waals surface area contributed by atoms with Gasteiger partial charge < -0.3 is 21.3 Å². The van der Waals surface area contributed by atoms with Crippen molar-refractivity contribution in [1.29, 1.82) is 0 Å². The van der Waals surface area contributed by atoms with Gasteiger partial charge in [-0.15, -0.1) is 12.3 Å². The highest BCUT2D eigenvalue weighted by atomic mass is 14.9. The van der Waals surface area contributed by atoms with Gasteiger partial charge in [-0.2, -0.15) is 0 Å². The predicted molar refractivity (Wildman–Crippen MR) is 232 cm³/mol. The molecule has 50 heavy (non-hydrogen) atoms. The Morgan fingerprint density at radius 2 is 1.54 bits per heavy atom. The Morgan fingerprint density at radius 1 is 0.940 bits per heavy atom. The Bertz CT molecular complexity index is 1190. The van der Waals surface area contributed by atoms with Gasteiger partial charge >= 0.3 is 0 Å². The van der Waals surface area contributed by atoms with Crippen LogP contribution in [0.5, 0.6) is 0 Å². The summed E-state index contributed by atoms with van der Waals surface area (Å²) >= 11 is 0. The van der Waals surface area contributed by atoms with E-state index in [-0.39, 0.29) is 0 Å². The zero-order valence-corrected chi connectivity index (χ0v) is 34.8. The monoisotopic (exact) mass is 687 g/mol. The van der Waals surface area contributed by atoms with E-state index in [4.69, 9.17) is 0 Å². The molecule has 282 valence electrons. The van der Waals surface area contributed by atoms with Crippen molar-refractivity contribution in [2.75, 3.05) is 27.2 Å². The lowest BCUT2D eigenvalue weighted by Crippen LogP contribution is -2.22. The van der Waals surface area contributed by atoms with E-state index < -0.39 is 0 Å². The van der Waals surface area contributed by atoms with E-state index >= 15 is 0 Å². The molecule has 1 aromatic carbocycles. The maximum atomic E-state index is 4.19. The quantitative estimate of drug-likeness (QED) is 0.0705. The average molecular weight is 687 g/mol. The molecule has 0 bridgehead atoms. The van der Waals surface area contributed by atoms with E-state index in [2.05, 4.69) is 152 Å². The molecule has 0 saturated heterocycles. The standard InChI is InChI=1S/C20H30N2.C11H16.C7H11N.C6H15N.C2H6/c1-7-9-20(16(4)17(5)21-14-8-2)22-18(6)19-12-10-15(3)11-13-19;1-5-7-10(3)9-11(4)8-6-2;1-3-4-5-6-7-8-2;1-4-6(5-2)7-3;1-2/h9-13,21-22H,6-8,14H2,1-5H3;5-7,9H,1-2,8H2,3-4H3;4-6,8H,1,7H2,2H3;6-7H,4-5H2,1-3H3;1-2H3/b17-16+,20-9+;10-7-,11-9+;6-5+;;. The molecule has 1 aromatic rings. The first-order chi connectivity index (χ1) is 24.0. The van der Waals surface area contributed by atoms with Crippen molar-refractivity contribution in [3.63, 3.8) is 0 Å². The van der Waals surface area contributed by atoms with Crippen LogP contribution >= 0.6 is 0 Å². The molecule has 4 N–H and O–H groups in total. The van der Waals surface area contributed by atoms with Gasteiger partial charge in [-0.3, -0.25) is 0 Å². The molecule has 0 fully saturated rings. The molecule has 4 nitrogen and oxygen atoms in total. The van der Waals surface area contributed by atoms with Gasteiger partial charge in [0, 0.05) is 36.2 Å². The van der Waals surface area contributed by atoms with E-state index in [9.17, 15) is 0 Å². The third-order valence-electron chi connectivity index (χ3n) is 7.09.